The van der Waals surface area contributed by atoms with Crippen molar-refractivity contribution in [3.8, 4) is 0 Å². The zero-order valence-corrected chi connectivity index (χ0v) is 8.64. The van der Waals surface area contributed by atoms with E-state index in [0.29, 0.717) is 6.54 Å². The molecule has 0 atom stereocenters. The van der Waals surface area contributed by atoms with Gasteiger partial charge in [-0.2, -0.15) is 0 Å². The van der Waals surface area contributed by atoms with Crippen LogP contribution >= 0.6 is 0 Å². The maximum absolute atomic E-state index is 9.97. The van der Waals surface area contributed by atoms with E-state index >= 15 is 0 Å². The molecule has 76 valence electrons. The minimum absolute atomic E-state index is 0.550. The van der Waals surface area contributed by atoms with Crippen LogP contribution in [0, 0.1) is 0 Å². The summed E-state index contributed by atoms with van der Waals surface area (Å²) in [5.74, 6) is 1.07. The average molecular weight is 184 g/mol. The van der Waals surface area contributed by atoms with Gasteiger partial charge < -0.3 is 10.4 Å². The average Bonchev–Trinajstić information content (AvgIpc) is 2.67. The molecule has 0 aromatic rings. The fourth-order valence-electron chi connectivity index (χ4n) is 1.45. The van der Waals surface area contributed by atoms with Gasteiger partial charge in [-0.15, -0.1) is 0 Å². The molecule has 0 unspecified atom stereocenters. The molecule has 3 nitrogen and oxygen atoms in total. The second-order valence-electron chi connectivity index (χ2n) is 3.72. The topological polar surface area (TPSA) is 44.6 Å². The van der Waals surface area contributed by atoms with Crippen LogP contribution in [0.5, 0.6) is 0 Å². The smallest absolute Gasteiger partial charge is 0.0964 e. The molecule has 0 fully saturated rings. The Morgan fingerprint density at radius 1 is 1.46 bits per heavy atom. The lowest BCUT2D eigenvalue weighted by Gasteiger charge is -2.25. The van der Waals surface area contributed by atoms with Crippen molar-refractivity contribution in [3.05, 3.63) is 0 Å². The maximum atomic E-state index is 9.97. The number of nitrogens with one attached hydrogen (secondary N) is 1. The quantitative estimate of drug-likeness (QED) is 0.692. The van der Waals surface area contributed by atoms with Gasteiger partial charge >= 0.3 is 0 Å². The largest absolute Gasteiger partial charge is 0.388 e. The first-order valence-corrected chi connectivity index (χ1v) is 5.20. The Morgan fingerprint density at radius 3 is 2.62 bits per heavy atom. The second-order valence-corrected chi connectivity index (χ2v) is 3.72. The van der Waals surface area contributed by atoms with Crippen molar-refractivity contribution < 1.29 is 5.11 Å². The minimum atomic E-state index is -0.550. The van der Waals surface area contributed by atoms with Gasteiger partial charge in [0.05, 0.1) is 11.4 Å². The first-order chi connectivity index (χ1) is 6.20. The van der Waals surface area contributed by atoms with Gasteiger partial charge in [0.25, 0.3) is 0 Å². The van der Waals surface area contributed by atoms with E-state index in [9.17, 15) is 5.11 Å². The fourth-order valence-corrected chi connectivity index (χ4v) is 1.45. The van der Waals surface area contributed by atoms with E-state index in [1.807, 2.05) is 13.8 Å². The molecule has 0 saturated carbocycles. The van der Waals surface area contributed by atoms with Crippen molar-refractivity contribution in [2.45, 2.75) is 45.1 Å². The number of aliphatic imine (C=N–C) groups is 1. The second kappa shape index (κ2) is 4.61. The highest BCUT2D eigenvalue weighted by atomic mass is 16.3. The molecule has 0 amide bonds. The minimum Gasteiger partial charge on any atom is -0.388 e. The van der Waals surface area contributed by atoms with Crippen LogP contribution in [-0.4, -0.2) is 29.6 Å². The summed E-state index contributed by atoms with van der Waals surface area (Å²) in [5.41, 5.74) is -0.550. The predicted molar refractivity (Wildman–Crippen MR) is 55.1 cm³/mol. The summed E-state index contributed by atoms with van der Waals surface area (Å²) in [6, 6.07) is 0. The summed E-state index contributed by atoms with van der Waals surface area (Å²) < 4.78 is 0. The molecule has 0 spiro atoms. The first kappa shape index (κ1) is 10.5. The van der Waals surface area contributed by atoms with Crippen LogP contribution in [0.1, 0.15) is 39.5 Å². The molecule has 0 aromatic carbocycles. The maximum Gasteiger partial charge on any atom is 0.0964 e. The van der Waals surface area contributed by atoms with Crippen LogP contribution in [0.3, 0.4) is 0 Å². The van der Waals surface area contributed by atoms with Crippen LogP contribution in [0.4, 0.5) is 0 Å². The van der Waals surface area contributed by atoms with Crippen molar-refractivity contribution in [2.24, 2.45) is 4.99 Å². The van der Waals surface area contributed by atoms with Gasteiger partial charge in [0.15, 0.2) is 0 Å². The van der Waals surface area contributed by atoms with E-state index in [-0.39, 0.29) is 0 Å². The number of hydrogen-bond donors (Lipinski definition) is 2. The van der Waals surface area contributed by atoms with Crippen molar-refractivity contribution >= 4 is 5.84 Å². The Morgan fingerprint density at radius 2 is 2.15 bits per heavy atom. The van der Waals surface area contributed by atoms with Gasteiger partial charge in [-0.3, -0.25) is 4.99 Å². The number of amidine groups is 1. The Hall–Kier alpha value is -0.570. The number of aliphatic hydroxyl groups is 1. The van der Waals surface area contributed by atoms with Crippen LogP contribution in [0.25, 0.3) is 0 Å². The third-order valence-electron chi connectivity index (χ3n) is 2.81. The Labute approximate surface area is 80.3 Å². The van der Waals surface area contributed by atoms with Gasteiger partial charge in [-0.25, -0.2) is 0 Å². The zero-order chi connectivity index (χ0) is 9.73. The molecule has 0 saturated heterocycles. The highest BCUT2D eigenvalue weighted by Gasteiger charge is 2.22. The number of hydrogen-bond acceptors (Lipinski definition) is 3. The first-order valence-electron chi connectivity index (χ1n) is 5.20. The molecule has 0 radical (unpaired) electrons. The highest BCUT2D eigenvalue weighted by molar-refractivity contribution is 5.83. The summed E-state index contributed by atoms with van der Waals surface area (Å²) in [4.78, 5) is 4.30. The van der Waals surface area contributed by atoms with Gasteiger partial charge in [0.1, 0.15) is 0 Å². The summed E-state index contributed by atoms with van der Waals surface area (Å²) in [6.45, 7) is 5.61. The lowest BCUT2D eigenvalue weighted by molar-refractivity contribution is 0.0369. The molecule has 0 aromatic heterocycles. The van der Waals surface area contributed by atoms with Crippen molar-refractivity contribution in [3.63, 3.8) is 0 Å². The lowest BCUT2D eigenvalue weighted by atomic mass is 9.97. The van der Waals surface area contributed by atoms with E-state index in [0.717, 1.165) is 38.1 Å². The molecular weight excluding hydrogens is 164 g/mol. The molecule has 1 heterocycles. The van der Waals surface area contributed by atoms with E-state index < -0.39 is 5.60 Å². The molecule has 0 aliphatic carbocycles. The highest BCUT2D eigenvalue weighted by Crippen LogP contribution is 2.13. The summed E-state index contributed by atoms with van der Waals surface area (Å²) in [5, 5.41) is 13.2. The van der Waals surface area contributed by atoms with Crippen LogP contribution in [0.15, 0.2) is 4.99 Å². The van der Waals surface area contributed by atoms with Gasteiger partial charge in [0.2, 0.25) is 0 Å². The van der Waals surface area contributed by atoms with Crippen LogP contribution < -0.4 is 5.32 Å². The molecule has 13 heavy (non-hydrogen) atoms. The number of nitrogens with zero attached hydrogens (tertiary/aromatic N) is 1. The SMILES string of the molecule is CCC(O)(CC)CNC1=NCCC1. The van der Waals surface area contributed by atoms with Gasteiger partial charge in [-0.05, 0) is 19.3 Å². The molecular formula is C10H20N2O. The Balaban J connectivity index is 2.31. The van der Waals surface area contributed by atoms with Gasteiger partial charge in [0, 0.05) is 19.5 Å². The Bertz CT molecular complexity index is 185. The van der Waals surface area contributed by atoms with Crippen LogP contribution in [-0.2, 0) is 0 Å². The fraction of sp³-hybridized carbons (Fsp3) is 0.900. The van der Waals surface area contributed by atoms with E-state index in [1.54, 1.807) is 0 Å². The standard InChI is InChI=1S/C10H20N2O/c1-3-10(13,4-2)8-12-9-6-5-7-11-9/h13H,3-8H2,1-2H3,(H,11,12). The van der Waals surface area contributed by atoms with Crippen molar-refractivity contribution in [1.82, 2.24) is 5.32 Å². The zero-order valence-electron chi connectivity index (χ0n) is 8.64. The normalized spacial score (nSPS) is 17.3. The van der Waals surface area contributed by atoms with Gasteiger partial charge in [-0.1, -0.05) is 13.8 Å². The monoisotopic (exact) mass is 184 g/mol. The van der Waals surface area contributed by atoms with E-state index in [2.05, 4.69) is 10.3 Å². The summed E-state index contributed by atoms with van der Waals surface area (Å²) in [7, 11) is 0. The molecule has 1 rings (SSSR count). The predicted octanol–water partition coefficient (Wildman–Crippen LogP) is 1.32. The lowest BCUT2D eigenvalue weighted by Crippen LogP contribution is -2.41. The molecule has 3 heteroatoms. The third kappa shape index (κ3) is 2.99. The molecule has 1 aliphatic rings. The van der Waals surface area contributed by atoms with Crippen LogP contribution in [0.2, 0.25) is 0 Å². The van der Waals surface area contributed by atoms with E-state index in [4.69, 9.17) is 0 Å². The molecule has 1 aliphatic heterocycles. The summed E-state index contributed by atoms with van der Waals surface area (Å²) in [6.07, 6.45) is 3.79. The Kier molecular flexibility index (Phi) is 3.72. The third-order valence-corrected chi connectivity index (χ3v) is 2.81. The summed E-state index contributed by atoms with van der Waals surface area (Å²) >= 11 is 0. The molecule has 2 N–H and O–H groups in total. The van der Waals surface area contributed by atoms with E-state index in [1.165, 1.54) is 0 Å². The van der Waals surface area contributed by atoms with Crippen molar-refractivity contribution in [1.29, 1.82) is 0 Å². The molecule has 0 bridgehead atoms. The van der Waals surface area contributed by atoms with Crippen molar-refractivity contribution in [2.75, 3.05) is 13.1 Å². The number of rotatable bonds is 4.